The number of esters is 1. The van der Waals surface area contributed by atoms with Crippen LogP contribution in [0.3, 0.4) is 0 Å². The Balaban J connectivity index is 1.84. The number of hydrogen-bond donors (Lipinski definition) is 0. The minimum Gasteiger partial charge on any atom is -0.497 e. The van der Waals surface area contributed by atoms with Crippen LogP contribution in [0.15, 0.2) is 72.3 Å². The highest BCUT2D eigenvalue weighted by atomic mass is 16.7. The van der Waals surface area contributed by atoms with Gasteiger partial charge in [-0.1, -0.05) is 18.2 Å². The number of Topliss-reactive ketones (excluding diaryl/α,β-unsaturated/α-hetero) is 1. The molecule has 1 aliphatic rings. The van der Waals surface area contributed by atoms with Crippen molar-refractivity contribution >= 4 is 17.8 Å². The van der Waals surface area contributed by atoms with Crippen molar-refractivity contribution in [1.82, 2.24) is 0 Å². The number of methoxy groups -OCH3 is 3. The summed E-state index contributed by atoms with van der Waals surface area (Å²) in [5, 5.41) is 0. The Morgan fingerprint density at radius 2 is 1.44 bits per heavy atom. The lowest BCUT2D eigenvalue weighted by molar-refractivity contribution is -0.141. The number of carbonyl (C=O) groups excluding carboxylic acids is 2. The molecule has 0 bridgehead atoms. The van der Waals surface area contributed by atoms with Crippen molar-refractivity contribution in [2.24, 2.45) is 0 Å². The molecule has 7 nitrogen and oxygen atoms in total. The molecule has 0 aliphatic carbocycles. The van der Waals surface area contributed by atoms with Crippen LogP contribution >= 0.6 is 0 Å². The average molecular weight is 460 g/mol. The van der Waals surface area contributed by atoms with Gasteiger partial charge in [0, 0.05) is 11.1 Å². The maximum Gasteiger partial charge on any atom is 0.317 e. The number of benzene rings is 3. The predicted octanol–water partition coefficient (Wildman–Crippen LogP) is 4.66. The molecule has 3 aromatic carbocycles. The van der Waals surface area contributed by atoms with E-state index >= 15 is 0 Å². The van der Waals surface area contributed by atoms with Gasteiger partial charge in [0.15, 0.2) is 17.3 Å². The van der Waals surface area contributed by atoms with Gasteiger partial charge in [0.1, 0.15) is 17.4 Å². The first-order valence-electron chi connectivity index (χ1n) is 10.6. The normalized spacial score (nSPS) is 13.2. The number of ether oxygens (including phenoxy) is 5. The van der Waals surface area contributed by atoms with Crippen molar-refractivity contribution in [2.45, 2.75) is 5.92 Å². The van der Waals surface area contributed by atoms with Crippen LogP contribution in [0.2, 0.25) is 0 Å². The largest absolute Gasteiger partial charge is 0.497 e. The lowest BCUT2D eigenvalue weighted by Crippen LogP contribution is -2.21. The average Bonchev–Trinajstić information content (AvgIpc) is 3.36. The number of carbonyl (C=O) groups is 2. The van der Waals surface area contributed by atoms with Crippen molar-refractivity contribution in [3.63, 3.8) is 0 Å². The second kappa shape index (κ2) is 10.1. The third-order valence-corrected chi connectivity index (χ3v) is 5.53. The van der Waals surface area contributed by atoms with Gasteiger partial charge >= 0.3 is 5.97 Å². The monoisotopic (exact) mass is 460 g/mol. The van der Waals surface area contributed by atoms with Crippen LogP contribution in [0, 0.1) is 0 Å². The molecule has 0 saturated heterocycles. The van der Waals surface area contributed by atoms with Crippen LogP contribution in [0.1, 0.15) is 27.4 Å². The van der Waals surface area contributed by atoms with E-state index in [2.05, 4.69) is 0 Å². The van der Waals surface area contributed by atoms with Crippen LogP contribution in [0.4, 0.5) is 0 Å². The molecule has 1 heterocycles. The Morgan fingerprint density at radius 1 is 0.824 bits per heavy atom. The van der Waals surface area contributed by atoms with Gasteiger partial charge in [-0.3, -0.25) is 9.59 Å². The molecule has 0 fully saturated rings. The van der Waals surface area contributed by atoms with Gasteiger partial charge in [0.25, 0.3) is 0 Å². The molecule has 4 rings (SSSR count). The summed E-state index contributed by atoms with van der Waals surface area (Å²) in [4.78, 5) is 26.8. The Bertz CT molecular complexity index is 1210. The molecule has 174 valence electrons. The van der Waals surface area contributed by atoms with Gasteiger partial charge in [0.2, 0.25) is 6.79 Å². The second-order valence-corrected chi connectivity index (χ2v) is 7.50. The van der Waals surface area contributed by atoms with E-state index in [0.717, 1.165) is 5.56 Å². The molecule has 0 saturated carbocycles. The molecule has 1 atom stereocenters. The van der Waals surface area contributed by atoms with Gasteiger partial charge in [0.05, 0.1) is 21.3 Å². The molecule has 7 heteroatoms. The molecule has 3 aromatic rings. The maximum atomic E-state index is 13.7. The first-order chi connectivity index (χ1) is 16.5. The van der Waals surface area contributed by atoms with Gasteiger partial charge in [-0.25, -0.2) is 0 Å². The Labute approximate surface area is 197 Å². The third kappa shape index (κ3) is 4.73. The van der Waals surface area contributed by atoms with Gasteiger partial charge in [-0.15, -0.1) is 0 Å². The van der Waals surface area contributed by atoms with Crippen molar-refractivity contribution < 1.29 is 33.3 Å². The molecule has 0 radical (unpaired) electrons. The van der Waals surface area contributed by atoms with Crippen LogP contribution in [-0.4, -0.2) is 39.9 Å². The SMILES string of the molecule is COC(=O)C(/C(=C\c1ccc(OC)cc1)C(=O)c1ccc(OC)cc1)c1ccc2c(c1)OCO2. The highest BCUT2D eigenvalue weighted by Crippen LogP contribution is 2.38. The summed E-state index contributed by atoms with van der Waals surface area (Å²) in [7, 11) is 4.43. The molecule has 0 amide bonds. The molecule has 0 aromatic heterocycles. The fourth-order valence-corrected chi connectivity index (χ4v) is 3.72. The highest BCUT2D eigenvalue weighted by Gasteiger charge is 2.32. The summed E-state index contributed by atoms with van der Waals surface area (Å²) < 4.78 is 26.4. The van der Waals surface area contributed by atoms with Crippen molar-refractivity contribution in [1.29, 1.82) is 0 Å². The van der Waals surface area contributed by atoms with Crippen LogP contribution < -0.4 is 18.9 Å². The zero-order chi connectivity index (χ0) is 24.1. The quantitative estimate of drug-likeness (QED) is 0.275. The predicted molar refractivity (Wildman–Crippen MR) is 126 cm³/mol. The van der Waals surface area contributed by atoms with Gasteiger partial charge in [-0.2, -0.15) is 0 Å². The number of ketones is 1. The van der Waals surface area contributed by atoms with E-state index in [1.165, 1.54) is 7.11 Å². The molecular weight excluding hydrogens is 436 g/mol. The molecule has 34 heavy (non-hydrogen) atoms. The van der Waals surface area contributed by atoms with E-state index in [0.29, 0.717) is 34.1 Å². The van der Waals surface area contributed by atoms with E-state index in [4.69, 9.17) is 23.7 Å². The Kier molecular flexibility index (Phi) is 6.82. The Hall–Kier alpha value is -4.26. The fraction of sp³-hybridized carbons (Fsp3) is 0.185. The standard InChI is InChI=1S/C27H24O7/c1-30-20-9-4-17(5-10-20)14-22(26(28)18-6-11-21(31-2)12-7-18)25(27(29)32-3)19-8-13-23-24(15-19)34-16-33-23/h4-15,25H,16H2,1-3H3/b22-14+. The topological polar surface area (TPSA) is 80.3 Å². The summed E-state index contributed by atoms with van der Waals surface area (Å²) in [6, 6.07) is 19.1. The number of hydrogen-bond acceptors (Lipinski definition) is 7. The third-order valence-electron chi connectivity index (χ3n) is 5.53. The molecule has 0 spiro atoms. The first-order valence-corrected chi connectivity index (χ1v) is 10.6. The first kappa shape index (κ1) is 22.9. The zero-order valence-electron chi connectivity index (χ0n) is 19.1. The smallest absolute Gasteiger partial charge is 0.317 e. The van der Waals surface area contributed by atoms with Gasteiger partial charge in [-0.05, 0) is 65.7 Å². The van der Waals surface area contributed by atoms with Crippen LogP contribution in [0.25, 0.3) is 6.08 Å². The minimum absolute atomic E-state index is 0.0982. The number of fused-ring (bicyclic) bond motifs is 1. The molecular formula is C27H24O7. The second-order valence-electron chi connectivity index (χ2n) is 7.50. The molecule has 0 N–H and O–H groups in total. The van der Waals surface area contributed by atoms with Crippen molar-refractivity contribution in [2.75, 3.05) is 28.1 Å². The molecule has 1 aliphatic heterocycles. The summed E-state index contributed by atoms with van der Waals surface area (Å²) in [5.74, 6) is 0.517. The maximum absolute atomic E-state index is 13.7. The lowest BCUT2D eigenvalue weighted by Gasteiger charge is -2.19. The van der Waals surface area contributed by atoms with E-state index in [-0.39, 0.29) is 18.1 Å². The molecule has 1 unspecified atom stereocenters. The van der Waals surface area contributed by atoms with E-state index < -0.39 is 11.9 Å². The zero-order valence-corrected chi connectivity index (χ0v) is 19.1. The summed E-state index contributed by atoms with van der Waals surface area (Å²) in [6.45, 7) is 0.0982. The van der Waals surface area contributed by atoms with Crippen molar-refractivity contribution in [3.05, 3.63) is 89.0 Å². The van der Waals surface area contributed by atoms with E-state index in [1.54, 1.807) is 74.9 Å². The summed E-state index contributed by atoms with van der Waals surface area (Å²) in [6.07, 6.45) is 1.69. The Morgan fingerprint density at radius 3 is 2.06 bits per heavy atom. The van der Waals surface area contributed by atoms with E-state index in [9.17, 15) is 9.59 Å². The lowest BCUT2D eigenvalue weighted by atomic mass is 9.85. The highest BCUT2D eigenvalue weighted by molar-refractivity contribution is 6.15. The minimum atomic E-state index is -0.990. The summed E-state index contributed by atoms with van der Waals surface area (Å²) in [5.41, 5.74) is 1.95. The van der Waals surface area contributed by atoms with Crippen molar-refractivity contribution in [3.8, 4) is 23.0 Å². The van der Waals surface area contributed by atoms with Gasteiger partial charge < -0.3 is 23.7 Å². The summed E-state index contributed by atoms with van der Waals surface area (Å²) >= 11 is 0. The van der Waals surface area contributed by atoms with E-state index in [1.807, 2.05) is 12.1 Å². The fourth-order valence-electron chi connectivity index (χ4n) is 3.72. The van der Waals surface area contributed by atoms with Crippen LogP contribution in [0.5, 0.6) is 23.0 Å². The number of rotatable bonds is 8. The van der Waals surface area contributed by atoms with Crippen LogP contribution in [-0.2, 0) is 9.53 Å².